The predicted octanol–water partition coefficient (Wildman–Crippen LogP) is 3.20. The highest BCUT2D eigenvalue weighted by atomic mass is 32.2. The molecule has 5 nitrogen and oxygen atoms in total. The Morgan fingerprint density at radius 2 is 1.74 bits per heavy atom. The highest BCUT2D eigenvalue weighted by Crippen LogP contribution is 2.16. The molecule has 6 heteroatoms. The normalized spacial score (nSPS) is 13.9. The second-order valence-electron chi connectivity index (χ2n) is 5.70. The monoisotopic (exact) mass is 293 g/mol. The average Bonchev–Trinajstić information content (AvgIpc) is 2.20. The first kappa shape index (κ1) is 18.2. The van der Waals surface area contributed by atoms with Crippen LogP contribution in [0.25, 0.3) is 0 Å². The third kappa shape index (κ3) is 8.08. The van der Waals surface area contributed by atoms with Crippen LogP contribution in [0.1, 0.15) is 66.7 Å². The summed E-state index contributed by atoms with van der Waals surface area (Å²) in [6.45, 7) is 9.03. The van der Waals surface area contributed by atoms with E-state index in [-0.39, 0.29) is 0 Å². The lowest BCUT2D eigenvalue weighted by Gasteiger charge is -2.22. The zero-order valence-electron chi connectivity index (χ0n) is 12.7. The van der Waals surface area contributed by atoms with E-state index in [1.807, 2.05) is 18.6 Å². The van der Waals surface area contributed by atoms with Crippen LogP contribution in [0.4, 0.5) is 4.79 Å². The Balaban J connectivity index is 4.67. The minimum Gasteiger partial charge on any atom is -0.443 e. The van der Waals surface area contributed by atoms with Gasteiger partial charge >= 0.3 is 6.09 Å². The van der Waals surface area contributed by atoms with Crippen molar-refractivity contribution in [1.29, 1.82) is 0 Å². The van der Waals surface area contributed by atoms with Crippen molar-refractivity contribution in [2.45, 2.75) is 77.6 Å². The van der Waals surface area contributed by atoms with Crippen molar-refractivity contribution in [3.05, 3.63) is 0 Å². The summed E-state index contributed by atoms with van der Waals surface area (Å²) in [6.07, 6.45) is 2.76. The third-order valence-electron chi connectivity index (χ3n) is 2.55. The SMILES string of the molecule is CCCCC(CCC)S(=O)(=O)NC(=O)OC(C)(C)C. The lowest BCUT2D eigenvalue weighted by atomic mass is 10.1. The van der Waals surface area contributed by atoms with Gasteiger partial charge in [0, 0.05) is 0 Å². The molecule has 0 heterocycles. The standard InChI is InChI=1S/C13H27NO4S/c1-6-8-10-11(9-7-2)19(16,17)14-12(15)18-13(3,4)5/h11H,6-10H2,1-5H3,(H,14,15). The van der Waals surface area contributed by atoms with Gasteiger partial charge < -0.3 is 4.74 Å². The molecule has 0 rings (SSSR count). The molecular weight excluding hydrogens is 266 g/mol. The molecule has 0 aliphatic carbocycles. The van der Waals surface area contributed by atoms with Crippen LogP contribution in [0.5, 0.6) is 0 Å². The fourth-order valence-electron chi connectivity index (χ4n) is 1.71. The molecule has 114 valence electrons. The molecule has 0 aromatic heterocycles. The Bertz CT molecular complexity index is 371. The van der Waals surface area contributed by atoms with Gasteiger partial charge in [0.05, 0.1) is 5.25 Å². The zero-order valence-corrected chi connectivity index (χ0v) is 13.5. The maximum atomic E-state index is 12.1. The first-order valence-electron chi connectivity index (χ1n) is 6.87. The molecule has 0 radical (unpaired) electrons. The first-order valence-corrected chi connectivity index (χ1v) is 8.41. The van der Waals surface area contributed by atoms with E-state index >= 15 is 0 Å². The van der Waals surface area contributed by atoms with Gasteiger partial charge in [0.2, 0.25) is 10.0 Å². The minimum absolute atomic E-state index is 0.523. The van der Waals surface area contributed by atoms with Gasteiger partial charge in [-0.05, 0) is 33.6 Å². The number of nitrogens with one attached hydrogen (secondary N) is 1. The molecule has 1 atom stereocenters. The number of hydrogen-bond acceptors (Lipinski definition) is 4. The predicted molar refractivity (Wildman–Crippen MR) is 76.5 cm³/mol. The Morgan fingerprint density at radius 1 is 1.16 bits per heavy atom. The van der Waals surface area contributed by atoms with E-state index < -0.39 is 27.0 Å². The molecule has 0 spiro atoms. The lowest BCUT2D eigenvalue weighted by Crippen LogP contribution is -2.41. The smallest absolute Gasteiger partial charge is 0.421 e. The fourth-order valence-corrected chi connectivity index (χ4v) is 3.17. The van der Waals surface area contributed by atoms with Crippen molar-refractivity contribution in [2.24, 2.45) is 0 Å². The van der Waals surface area contributed by atoms with Crippen LogP contribution in [-0.4, -0.2) is 25.4 Å². The van der Waals surface area contributed by atoms with Crippen molar-refractivity contribution in [2.75, 3.05) is 0 Å². The van der Waals surface area contributed by atoms with Gasteiger partial charge in [-0.3, -0.25) is 0 Å². The lowest BCUT2D eigenvalue weighted by molar-refractivity contribution is 0.0569. The summed E-state index contributed by atoms with van der Waals surface area (Å²) in [5, 5.41) is -0.523. The summed E-state index contributed by atoms with van der Waals surface area (Å²) in [5.41, 5.74) is -0.705. The molecule has 0 aromatic rings. The van der Waals surface area contributed by atoms with Crippen LogP contribution < -0.4 is 4.72 Å². The van der Waals surface area contributed by atoms with E-state index in [9.17, 15) is 13.2 Å². The molecule has 1 amide bonds. The quantitative estimate of drug-likeness (QED) is 0.782. The van der Waals surface area contributed by atoms with Crippen LogP contribution in [0.3, 0.4) is 0 Å². The van der Waals surface area contributed by atoms with Gasteiger partial charge in [0.1, 0.15) is 5.60 Å². The Kier molecular flexibility index (Phi) is 7.41. The maximum absolute atomic E-state index is 12.1. The summed E-state index contributed by atoms with van der Waals surface area (Å²) in [6, 6.07) is 0. The molecule has 0 saturated heterocycles. The minimum atomic E-state index is -3.65. The number of ether oxygens (including phenoxy) is 1. The fraction of sp³-hybridized carbons (Fsp3) is 0.923. The second-order valence-corrected chi connectivity index (χ2v) is 7.66. The van der Waals surface area contributed by atoms with E-state index in [1.165, 1.54) is 0 Å². The third-order valence-corrected chi connectivity index (χ3v) is 4.35. The number of carbonyl (C=O) groups excluding carboxylic acids is 1. The summed E-state index contributed by atoms with van der Waals surface area (Å²) >= 11 is 0. The molecule has 1 N–H and O–H groups in total. The van der Waals surface area contributed by atoms with Crippen molar-refractivity contribution >= 4 is 16.1 Å². The largest absolute Gasteiger partial charge is 0.443 e. The molecular formula is C13H27NO4S. The number of unbranched alkanes of at least 4 members (excludes halogenated alkanes) is 1. The molecule has 1 unspecified atom stereocenters. The van der Waals surface area contributed by atoms with Crippen LogP contribution in [0.2, 0.25) is 0 Å². The van der Waals surface area contributed by atoms with Crippen LogP contribution in [-0.2, 0) is 14.8 Å². The van der Waals surface area contributed by atoms with Gasteiger partial charge in [-0.2, -0.15) is 0 Å². The van der Waals surface area contributed by atoms with E-state index in [0.717, 1.165) is 19.3 Å². The highest BCUT2D eigenvalue weighted by molar-refractivity contribution is 7.90. The highest BCUT2D eigenvalue weighted by Gasteiger charge is 2.28. The van der Waals surface area contributed by atoms with E-state index in [1.54, 1.807) is 20.8 Å². The summed E-state index contributed by atoms with van der Waals surface area (Å²) in [5.74, 6) is 0. The van der Waals surface area contributed by atoms with Crippen LogP contribution >= 0.6 is 0 Å². The Morgan fingerprint density at radius 3 is 2.16 bits per heavy atom. The van der Waals surface area contributed by atoms with Crippen molar-refractivity contribution in [3.8, 4) is 0 Å². The van der Waals surface area contributed by atoms with Crippen molar-refractivity contribution < 1.29 is 17.9 Å². The number of amides is 1. The summed E-state index contributed by atoms with van der Waals surface area (Å²) in [7, 11) is -3.65. The molecule has 0 bridgehead atoms. The Hall–Kier alpha value is -0.780. The molecule has 0 fully saturated rings. The average molecular weight is 293 g/mol. The van der Waals surface area contributed by atoms with Gasteiger partial charge in [0.25, 0.3) is 0 Å². The Labute approximate surface area is 117 Å². The second kappa shape index (κ2) is 7.72. The van der Waals surface area contributed by atoms with E-state index in [2.05, 4.69) is 0 Å². The molecule has 19 heavy (non-hydrogen) atoms. The summed E-state index contributed by atoms with van der Waals surface area (Å²) in [4.78, 5) is 11.5. The van der Waals surface area contributed by atoms with E-state index in [0.29, 0.717) is 12.8 Å². The van der Waals surface area contributed by atoms with Gasteiger partial charge in [-0.25, -0.2) is 17.9 Å². The molecule has 0 aromatic carbocycles. The number of rotatable bonds is 7. The van der Waals surface area contributed by atoms with Gasteiger partial charge in [-0.15, -0.1) is 0 Å². The van der Waals surface area contributed by atoms with Crippen LogP contribution in [0.15, 0.2) is 0 Å². The van der Waals surface area contributed by atoms with Crippen molar-refractivity contribution in [3.63, 3.8) is 0 Å². The first-order chi connectivity index (χ1) is 8.62. The zero-order chi connectivity index (χ0) is 15.1. The molecule has 0 saturated carbocycles. The molecule has 0 aliphatic rings. The summed E-state index contributed by atoms with van der Waals surface area (Å²) < 4.78 is 31.2. The topological polar surface area (TPSA) is 72.5 Å². The van der Waals surface area contributed by atoms with Crippen LogP contribution in [0, 0.1) is 0 Å². The van der Waals surface area contributed by atoms with Gasteiger partial charge in [-0.1, -0.05) is 33.1 Å². The molecule has 0 aliphatic heterocycles. The number of sulfonamides is 1. The number of hydrogen-bond donors (Lipinski definition) is 1. The van der Waals surface area contributed by atoms with Gasteiger partial charge in [0.15, 0.2) is 0 Å². The van der Waals surface area contributed by atoms with Crippen molar-refractivity contribution in [1.82, 2.24) is 4.72 Å². The maximum Gasteiger partial charge on any atom is 0.421 e. The number of carbonyl (C=O) groups is 1. The van der Waals surface area contributed by atoms with E-state index in [4.69, 9.17) is 4.74 Å².